The molecule has 4 aromatic rings. The Balaban J connectivity index is 1.44. The van der Waals surface area contributed by atoms with E-state index in [2.05, 4.69) is 67.9 Å². The quantitative estimate of drug-likeness (QED) is 0.456. The molecular formula is C28H27N5O. The van der Waals surface area contributed by atoms with Crippen LogP contribution in [0.5, 0.6) is 0 Å². The van der Waals surface area contributed by atoms with Crippen LogP contribution in [0.3, 0.4) is 0 Å². The lowest BCUT2D eigenvalue weighted by Gasteiger charge is -2.36. The molecule has 1 aliphatic rings. The smallest absolute Gasteiger partial charge is 0.253 e. The lowest BCUT2D eigenvalue weighted by Crippen LogP contribution is -2.46. The van der Waals surface area contributed by atoms with Gasteiger partial charge >= 0.3 is 0 Å². The minimum atomic E-state index is -0.183. The predicted octanol–water partition coefficient (Wildman–Crippen LogP) is 3.69. The number of para-hydroxylation sites is 1. The number of hydrogen-bond donors (Lipinski definition) is 1. The van der Waals surface area contributed by atoms with E-state index in [0.29, 0.717) is 5.56 Å². The molecule has 6 heteroatoms. The van der Waals surface area contributed by atoms with Crippen LogP contribution in [0, 0.1) is 12.3 Å². The van der Waals surface area contributed by atoms with Gasteiger partial charge in [-0.3, -0.25) is 9.69 Å². The molecule has 0 atom stereocenters. The van der Waals surface area contributed by atoms with E-state index in [0.717, 1.165) is 55.3 Å². The first kappa shape index (κ1) is 21.7. The van der Waals surface area contributed by atoms with Crippen molar-refractivity contribution in [2.75, 3.05) is 37.6 Å². The molecule has 170 valence electrons. The van der Waals surface area contributed by atoms with E-state index < -0.39 is 0 Å². The molecule has 5 rings (SSSR count). The third-order valence-electron chi connectivity index (χ3n) is 6.24. The molecule has 1 saturated heterocycles. The number of fused-ring (bicyclic) bond motifs is 1. The monoisotopic (exact) mass is 449 g/mol. The highest BCUT2D eigenvalue weighted by atomic mass is 16.1. The average Bonchev–Trinajstić information content (AvgIpc) is 3.26. The maximum Gasteiger partial charge on any atom is 0.253 e. The number of hydrogen-bond acceptors (Lipinski definition) is 4. The Labute approximate surface area is 199 Å². The van der Waals surface area contributed by atoms with Crippen LogP contribution in [0.4, 0.5) is 5.69 Å². The lowest BCUT2D eigenvalue weighted by atomic mass is 10.1. The number of imidazole rings is 1. The van der Waals surface area contributed by atoms with E-state index in [1.54, 1.807) is 6.07 Å². The van der Waals surface area contributed by atoms with Gasteiger partial charge in [-0.05, 0) is 24.3 Å². The fourth-order valence-electron chi connectivity index (χ4n) is 4.45. The maximum atomic E-state index is 12.5. The van der Waals surface area contributed by atoms with Crippen molar-refractivity contribution in [3.05, 3.63) is 90.3 Å². The highest BCUT2D eigenvalue weighted by Crippen LogP contribution is 2.27. The highest BCUT2D eigenvalue weighted by molar-refractivity contribution is 5.94. The Bertz CT molecular complexity index is 1320. The molecular weight excluding hydrogens is 422 g/mol. The zero-order valence-electron chi connectivity index (χ0n) is 19.0. The zero-order chi connectivity index (χ0) is 23.3. The van der Waals surface area contributed by atoms with Gasteiger partial charge in [-0.2, -0.15) is 0 Å². The molecule has 1 N–H and O–H groups in total. The van der Waals surface area contributed by atoms with Gasteiger partial charge in [0.2, 0.25) is 0 Å². The molecule has 0 spiro atoms. The summed E-state index contributed by atoms with van der Waals surface area (Å²) >= 11 is 0. The average molecular weight is 450 g/mol. The number of anilines is 1. The zero-order valence-corrected chi connectivity index (χ0v) is 19.0. The van der Waals surface area contributed by atoms with Crippen LogP contribution in [-0.2, 0) is 6.54 Å². The third kappa shape index (κ3) is 4.52. The van der Waals surface area contributed by atoms with Gasteiger partial charge in [-0.15, -0.1) is 6.42 Å². The van der Waals surface area contributed by atoms with Crippen LogP contribution in [0.2, 0.25) is 0 Å². The molecule has 2 aromatic heterocycles. The van der Waals surface area contributed by atoms with Gasteiger partial charge in [-0.25, -0.2) is 4.98 Å². The van der Waals surface area contributed by atoms with Gasteiger partial charge in [-0.1, -0.05) is 54.5 Å². The summed E-state index contributed by atoms with van der Waals surface area (Å²) in [6, 6.07) is 24.5. The molecule has 1 fully saturated rings. The largest absolute Gasteiger partial charge is 0.369 e. The molecule has 0 saturated carbocycles. The van der Waals surface area contributed by atoms with Crippen molar-refractivity contribution < 1.29 is 4.79 Å². The van der Waals surface area contributed by atoms with Crippen molar-refractivity contribution in [1.29, 1.82) is 0 Å². The van der Waals surface area contributed by atoms with E-state index in [1.165, 1.54) is 5.69 Å². The lowest BCUT2D eigenvalue weighted by molar-refractivity contribution is 0.0958. The van der Waals surface area contributed by atoms with Gasteiger partial charge in [0.25, 0.3) is 5.91 Å². The van der Waals surface area contributed by atoms with Crippen LogP contribution < -0.4 is 10.2 Å². The second-order valence-electron chi connectivity index (χ2n) is 8.40. The summed E-state index contributed by atoms with van der Waals surface area (Å²) < 4.78 is 2.05. The first-order valence-corrected chi connectivity index (χ1v) is 11.5. The van der Waals surface area contributed by atoms with Crippen LogP contribution in [-0.4, -0.2) is 52.9 Å². The molecule has 2 aromatic carbocycles. The molecule has 1 amide bonds. The number of rotatable bonds is 6. The van der Waals surface area contributed by atoms with Crippen molar-refractivity contribution in [2.24, 2.45) is 0 Å². The number of carbonyl (C=O) groups excluding carboxylic acids is 1. The summed E-state index contributed by atoms with van der Waals surface area (Å²) in [6.07, 6.45) is 7.17. The molecule has 3 heterocycles. The number of nitrogens with one attached hydrogen (secondary N) is 1. The van der Waals surface area contributed by atoms with Crippen molar-refractivity contribution >= 4 is 17.2 Å². The number of carbonyl (C=O) groups is 1. The number of amides is 1. The fraction of sp³-hybridized carbons (Fsp3) is 0.214. The second kappa shape index (κ2) is 9.82. The molecule has 34 heavy (non-hydrogen) atoms. The van der Waals surface area contributed by atoms with Gasteiger partial charge in [0.1, 0.15) is 5.65 Å². The standard InChI is InChI=1S/C28H27N5O/c1-2-15-29-28(34)23-13-14-26-30-27(22-9-5-3-6-10-22)25(33(26)20-23)21-31-16-18-32(19-17-31)24-11-7-4-8-12-24/h1,3-14,20H,15-19,21H2,(H,29,34). The molecule has 0 radical (unpaired) electrons. The third-order valence-corrected chi connectivity index (χ3v) is 6.24. The van der Waals surface area contributed by atoms with Gasteiger partial charge < -0.3 is 14.6 Å². The summed E-state index contributed by atoms with van der Waals surface area (Å²) in [5.74, 6) is 2.27. The maximum absolute atomic E-state index is 12.5. The van der Waals surface area contributed by atoms with Crippen LogP contribution in [0.1, 0.15) is 16.1 Å². The van der Waals surface area contributed by atoms with E-state index >= 15 is 0 Å². The molecule has 0 unspecified atom stereocenters. The summed E-state index contributed by atoms with van der Waals surface area (Å²) in [5.41, 5.74) is 5.76. The Morgan fingerprint density at radius 2 is 1.65 bits per heavy atom. The van der Waals surface area contributed by atoms with Gasteiger partial charge in [0.15, 0.2) is 0 Å². The van der Waals surface area contributed by atoms with Crippen LogP contribution >= 0.6 is 0 Å². The number of benzene rings is 2. The predicted molar refractivity (Wildman–Crippen MR) is 136 cm³/mol. The summed E-state index contributed by atoms with van der Waals surface area (Å²) in [5, 5.41) is 2.75. The topological polar surface area (TPSA) is 52.9 Å². The van der Waals surface area contributed by atoms with E-state index in [4.69, 9.17) is 11.4 Å². The Kier molecular flexibility index (Phi) is 6.28. The SMILES string of the molecule is C#CCNC(=O)c1ccc2nc(-c3ccccc3)c(CN3CCN(c4ccccc4)CC3)n2c1. The van der Waals surface area contributed by atoms with Crippen LogP contribution in [0.25, 0.3) is 16.9 Å². The number of terminal acetylenes is 1. The normalized spacial score (nSPS) is 14.1. The number of pyridine rings is 1. The Morgan fingerprint density at radius 3 is 2.35 bits per heavy atom. The van der Waals surface area contributed by atoms with Crippen LogP contribution in [0.15, 0.2) is 79.0 Å². The second-order valence-corrected chi connectivity index (χ2v) is 8.40. The Hall–Kier alpha value is -4.08. The van der Waals surface area contributed by atoms with Gasteiger partial charge in [0, 0.05) is 50.2 Å². The molecule has 0 aliphatic carbocycles. The first-order valence-electron chi connectivity index (χ1n) is 11.5. The molecule has 6 nitrogen and oxygen atoms in total. The summed E-state index contributed by atoms with van der Waals surface area (Å²) in [4.78, 5) is 22.4. The minimum absolute atomic E-state index is 0.183. The van der Waals surface area contributed by atoms with Crippen molar-refractivity contribution in [3.8, 4) is 23.6 Å². The minimum Gasteiger partial charge on any atom is -0.369 e. The summed E-state index contributed by atoms with van der Waals surface area (Å²) in [7, 11) is 0. The number of nitrogens with zero attached hydrogens (tertiary/aromatic N) is 4. The van der Waals surface area contributed by atoms with Gasteiger partial charge in [0.05, 0.1) is 23.5 Å². The fourth-order valence-corrected chi connectivity index (χ4v) is 4.45. The van der Waals surface area contributed by atoms with Crippen molar-refractivity contribution in [1.82, 2.24) is 19.6 Å². The van der Waals surface area contributed by atoms with E-state index in [9.17, 15) is 4.79 Å². The number of piperazine rings is 1. The Morgan fingerprint density at radius 1 is 0.941 bits per heavy atom. The first-order chi connectivity index (χ1) is 16.7. The molecule has 1 aliphatic heterocycles. The molecule has 0 bridgehead atoms. The highest BCUT2D eigenvalue weighted by Gasteiger charge is 2.22. The summed E-state index contributed by atoms with van der Waals surface area (Å²) in [6.45, 7) is 4.82. The van der Waals surface area contributed by atoms with Crippen molar-refractivity contribution in [2.45, 2.75) is 6.54 Å². The van der Waals surface area contributed by atoms with Crippen molar-refractivity contribution in [3.63, 3.8) is 0 Å². The number of aromatic nitrogens is 2. The van der Waals surface area contributed by atoms with E-state index in [-0.39, 0.29) is 12.5 Å². The van der Waals surface area contributed by atoms with E-state index in [1.807, 2.05) is 30.5 Å².